The van der Waals surface area contributed by atoms with Crippen LogP contribution in [-0.2, 0) is 13.1 Å². The van der Waals surface area contributed by atoms with Crippen LogP contribution in [0.2, 0.25) is 0 Å². The molecular formula is C16H24FN3. The molecule has 2 aliphatic rings. The van der Waals surface area contributed by atoms with E-state index in [9.17, 15) is 4.39 Å². The Bertz CT molecular complexity index is 463. The van der Waals surface area contributed by atoms with Crippen LogP contribution in [0.1, 0.15) is 30.4 Å². The van der Waals surface area contributed by atoms with Crippen molar-refractivity contribution in [3.63, 3.8) is 0 Å². The Kier molecular flexibility index (Phi) is 4.34. The highest BCUT2D eigenvalue weighted by Gasteiger charge is 2.28. The minimum absolute atomic E-state index is 0.189. The Balaban J connectivity index is 1.66. The van der Waals surface area contributed by atoms with E-state index in [4.69, 9.17) is 5.73 Å². The van der Waals surface area contributed by atoms with Crippen molar-refractivity contribution in [2.75, 3.05) is 26.2 Å². The van der Waals surface area contributed by atoms with Crippen molar-refractivity contribution < 1.29 is 4.39 Å². The van der Waals surface area contributed by atoms with E-state index in [1.807, 2.05) is 6.07 Å². The molecule has 0 aliphatic carbocycles. The van der Waals surface area contributed by atoms with Crippen molar-refractivity contribution in [2.45, 2.75) is 38.4 Å². The van der Waals surface area contributed by atoms with Crippen LogP contribution in [0.15, 0.2) is 18.2 Å². The molecule has 2 saturated heterocycles. The van der Waals surface area contributed by atoms with Gasteiger partial charge in [0, 0.05) is 38.8 Å². The van der Waals surface area contributed by atoms with Gasteiger partial charge < -0.3 is 5.73 Å². The Labute approximate surface area is 120 Å². The van der Waals surface area contributed by atoms with Crippen LogP contribution >= 0.6 is 0 Å². The highest BCUT2D eigenvalue weighted by molar-refractivity contribution is 5.27. The maximum absolute atomic E-state index is 13.3. The lowest BCUT2D eigenvalue weighted by molar-refractivity contribution is 0.0455. The van der Waals surface area contributed by atoms with E-state index in [0.717, 1.165) is 31.2 Å². The fourth-order valence-corrected chi connectivity index (χ4v) is 3.54. The molecule has 2 fully saturated rings. The summed E-state index contributed by atoms with van der Waals surface area (Å²) >= 11 is 0. The zero-order valence-electron chi connectivity index (χ0n) is 12.0. The normalized spacial score (nSPS) is 24.6. The molecule has 2 aliphatic heterocycles. The molecule has 0 amide bonds. The van der Waals surface area contributed by atoms with E-state index in [1.165, 1.54) is 37.9 Å². The summed E-state index contributed by atoms with van der Waals surface area (Å²) in [5.74, 6) is -0.189. The Morgan fingerprint density at radius 2 is 2.05 bits per heavy atom. The van der Waals surface area contributed by atoms with E-state index in [2.05, 4.69) is 9.80 Å². The summed E-state index contributed by atoms with van der Waals surface area (Å²) < 4.78 is 13.3. The molecule has 0 saturated carbocycles. The highest BCUT2D eigenvalue weighted by atomic mass is 19.1. The van der Waals surface area contributed by atoms with Gasteiger partial charge in [0.1, 0.15) is 5.82 Å². The summed E-state index contributed by atoms with van der Waals surface area (Å²) in [6.45, 7) is 6.00. The number of halogens is 1. The van der Waals surface area contributed by atoms with Gasteiger partial charge in [0.2, 0.25) is 0 Å². The van der Waals surface area contributed by atoms with Crippen molar-refractivity contribution in [2.24, 2.45) is 5.73 Å². The summed E-state index contributed by atoms with van der Waals surface area (Å²) in [6, 6.07) is 5.74. The number of rotatable bonds is 3. The first-order valence-electron chi connectivity index (χ1n) is 7.70. The molecule has 2 heterocycles. The molecule has 4 heteroatoms. The van der Waals surface area contributed by atoms with Gasteiger partial charge in [0.25, 0.3) is 0 Å². The van der Waals surface area contributed by atoms with Gasteiger partial charge in [-0.15, -0.1) is 0 Å². The molecule has 20 heavy (non-hydrogen) atoms. The van der Waals surface area contributed by atoms with E-state index in [0.29, 0.717) is 6.54 Å². The van der Waals surface area contributed by atoms with Crippen molar-refractivity contribution in [3.05, 3.63) is 35.1 Å². The molecule has 110 valence electrons. The Hall–Kier alpha value is -0.970. The predicted octanol–water partition coefficient (Wildman–Crippen LogP) is 1.95. The molecule has 0 aromatic heterocycles. The minimum Gasteiger partial charge on any atom is -0.326 e. The molecule has 0 spiro atoms. The van der Waals surface area contributed by atoms with E-state index in [1.54, 1.807) is 12.1 Å². The van der Waals surface area contributed by atoms with Gasteiger partial charge in [-0.3, -0.25) is 9.80 Å². The fraction of sp³-hybridized carbons (Fsp3) is 0.625. The smallest absolute Gasteiger partial charge is 0.123 e. The van der Waals surface area contributed by atoms with Crippen LogP contribution in [-0.4, -0.2) is 42.0 Å². The molecule has 2 N–H and O–H groups in total. The minimum atomic E-state index is -0.189. The molecule has 1 unspecified atom stereocenters. The lowest BCUT2D eigenvalue weighted by Gasteiger charge is -2.44. The average Bonchev–Trinajstić information content (AvgIpc) is 2.49. The monoisotopic (exact) mass is 277 g/mol. The van der Waals surface area contributed by atoms with Crippen molar-refractivity contribution in [1.82, 2.24) is 9.80 Å². The zero-order chi connectivity index (χ0) is 13.9. The maximum Gasteiger partial charge on any atom is 0.123 e. The molecular weight excluding hydrogens is 253 g/mol. The summed E-state index contributed by atoms with van der Waals surface area (Å²) in [4.78, 5) is 5.13. The van der Waals surface area contributed by atoms with Gasteiger partial charge in [-0.25, -0.2) is 4.39 Å². The average molecular weight is 277 g/mol. The number of hydrogen-bond donors (Lipinski definition) is 1. The molecule has 1 aromatic rings. The van der Waals surface area contributed by atoms with Crippen LogP contribution < -0.4 is 5.73 Å². The Morgan fingerprint density at radius 3 is 2.90 bits per heavy atom. The second-order valence-corrected chi connectivity index (χ2v) is 6.04. The highest BCUT2D eigenvalue weighted by Crippen LogP contribution is 2.23. The number of nitrogens with two attached hydrogens (primary N) is 1. The number of piperidine rings is 1. The molecule has 0 bridgehead atoms. The standard InChI is InChI=1S/C16H24FN3/c17-15-5-4-13(14(9-15)10-18)11-19-7-8-20-6-2-1-3-16(20)12-19/h4-5,9,16H,1-3,6-8,10-12,18H2. The second kappa shape index (κ2) is 6.20. The summed E-state index contributed by atoms with van der Waals surface area (Å²) in [5.41, 5.74) is 7.86. The number of piperazine rings is 1. The molecule has 1 atom stereocenters. The van der Waals surface area contributed by atoms with Crippen LogP contribution in [0.25, 0.3) is 0 Å². The van der Waals surface area contributed by atoms with Gasteiger partial charge in [-0.1, -0.05) is 12.5 Å². The third kappa shape index (κ3) is 3.03. The van der Waals surface area contributed by atoms with Crippen LogP contribution in [0, 0.1) is 5.82 Å². The van der Waals surface area contributed by atoms with E-state index in [-0.39, 0.29) is 5.82 Å². The third-order valence-electron chi connectivity index (χ3n) is 4.70. The van der Waals surface area contributed by atoms with Gasteiger partial charge in [-0.2, -0.15) is 0 Å². The number of fused-ring (bicyclic) bond motifs is 1. The maximum atomic E-state index is 13.3. The van der Waals surface area contributed by atoms with Gasteiger partial charge in [-0.05, 0) is 42.6 Å². The number of nitrogens with zero attached hydrogens (tertiary/aromatic N) is 2. The molecule has 3 rings (SSSR count). The largest absolute Gasteiger partial charge is 0.326 e. The van der Waals surface area contributed by atoms with Crippen LogP contribution in [0.3, 0.4) is 0 Å². The predicted molar refractivity (Wildman–Crippen MR) is 78.8 cm³/mol. The number of hydrogen-bond acceptors (Lipinski definition) is 3. The van der Waals surface area contributed by atoms with Gasteiger partial charge in [0.05, 0.1) is 0 Å². The summed E-state index contributed by atoms with van der Waals surface area (Å²) in [5, 5.41) is 0. The van der Waals surface area contributed by atoms with Crippen LogP contribution in [0.4, 0.5) is 4.39 Å². The van der Waals surface area contributed by atoms with Crippen molar-refractivity contribution in [3.8, 4) is 0 Å². The first-order chi connectivity index (χ1) is 9.76. The first-order valence-corrected chi connectivity index (χ1v) is 7.70. The number of benzene rings is 1. The Morgan fingerprint density at radius 1 is 1.15 bits per heavy atom. The fourth-order valence-electron chi connectivity index (χ4n) is 3.54. The van der Waals surface area contributed by atoms with Crippen molar-refractivity contribution >= 4 is 0 Å². The summed E-state index contributed by atoms with van der Waals surface area (Å²) in [7, 11) is 0. The quantitative estimate of drug-likeness (QED) is 0.916. The second-order valence-electron chi connectivity index (χ2n) is 6.04. The molecule has 3 nitrogen and oxygen atoms in total. The lowest BCUT2D eigenvalue weighted by atomic mass is 9.98. The summed E-state index contributed by atoms with van der Waals surface area (Å²) in [6.07, 6.45) is 4.04. The zero-order valence-corrected chi connectivity index (χ0v) is 12.0. The molecule has 0 radical (unpaired) electrons. The third-order valence-corrected chi connectivity index (χ3v) is 4.70. The van der Waals surface area contributed by atoms with Gasteiger partial charge in [0.15, 0.2) is 0 Å². The lowest BCUT2D eigenvalue weighted by Crippen LogP contribution is -2.54. The van der Waals surface area contributed by atoms with Gasteiger partial charge >= 0.3 is 0 Å². The van der Waals surface area contributed by atoms with E-state index < -0.39 is 0 Å². The topological polar surface area (TPSA) is 32.5 Å². The van der Waals surface area contributed by atoms with Crippen molar-refractivity contribution in [1.29, 1.82) is 0 Å². The SMILES string of the molecule is NCc1cc(F)ccc1CN1CCN2CCCCC2C1. The van der Waals surface area contributed by atoms with E-state index >= 15 is 0 Å². The first kappa shape index (κ1) is 14.0. The molecule has 1 aromatic carbocycles. The van der Waals surface area contributed by atoms with Crippen LogP contribution in [0.5, 0.6) is 0 Å².